The SMILES string of the molecule is Cc1ccc(=Cc2ccccc2O)c2c1OC(N)C=2N. The number of phenolic OH excluding ortho intramolecular Hbond substituents is 1. The minimum atomic E-state index is -0.609. The topological polar surface area (TPSA) is 81.5 Å². The highest BCUT2D eigenvalue weighted by molar-refractivity contribution is 5.62. The van der Waals surface area contributed by atoms with Gasteiger partial charge >= 0.3 is 0 Å². The maximum atomic E-state index is 9.87. The number of phenols is 1. The first-order valence-corrected chi connectivity index (χ1v) is 6.39. The van der Waals surface area contributed by atoms with Gasteiger partial charge in [0, 0.05) is 10.8 Å². The van der Waals surface area contributed by atoms with Gasteiger partial charge in [-0.1, -0.05) is 30.3 Å². The Balaban J connectivity index is 2.33. The van der Waals surface area contributed by atoms with Crippen LogP contribution in [0.5, 0.6) is 11.5 Å². The molecule has 2 aromatic carbocycles. The smallest absolute Gasteiger partial charge is 0.189 e. The van der Waals surface area contributed by atoms with Gasteiger partial charge in [0.25, 0.3) is 0 Å². The van der Waals surface area contributed by atoms with E-state index in [0.29, 0.717) is 5.70 Å². The number of nitrogens with two attached hydrogens (primary N) is 2. The molecule has 2 aromatic rings. The van der Waals surface area contributed by atoms with Crippen molar-refractivity contribution in [3.05, 3.63) is 58.0 Å². The van der Waals surface area contributed by atoms with Crippen molar-refractivity contribution in [2.75, 3.05) is 0 Å². The molecule has 1 atom stereocenters. The number of hydrogen-bond donors (Lipinski definition) is 3. The Bertz CT molecular complexity index is 797. The highest BCUT2D eigenvalue weighted by Gasteiger charge is 2.21. The van der Waals surface area contributed by atoms with Gasteiger partial charge in [0.05, 0.1) is 5.70 Å². The lowest BCUT2D eigenvalue weighted by atomic mass is 10.1. The van der Waals surface area contributed by atoms with Gasteiger partial charge in [0.1, 0.15) is 11.5 Å². The monoisotopic (exact) mass is 268 g/mol. The predicted octanol–water partition coefficient (Wildman–Crippen LogP) is 0.274. The molecule has 0 saturated carbocycles. The second-order valence-corrected chi connectivity index (χ2v) is 4.87. The number of aromatic hydroxyl groups is 1. The summed E-state index contributed by atoms with van der Waals surface area (Å²) < 4.78 is 5.59. The molecule has 0 fully saturated rings. The van der Waals surface area contributed by atoms with Crippen molar-refractivity contribution in [3.8, 4) is 11.5 Å². The van der Waals surface area contributed by atoms with Gasteiger partial charge in [-0.3, -0.25) is 5.73 Å². The van der Waals surface area contributed by atoms with E-state index >= 15 is 0 Å². The molecule has 0 aliphatic carbocycles. The molecule has 4 nitrogen and oxygen atoms in total. The zero-order valence-electron chi connectivity index (χ0n) is 11.1. The van der Waals surface area contributed by atoms with E-state index in [1.807, 2.05) is 37.3 Å². The summed E-state index contributed by atoms with van der Waals surface area (Å²) in [6.45, 7) is 1.95. The van der Waals surface area contributed by atoms with Crippen LogP contribution in [0, 0.1) is 6.92 Å². The van der Waals surface area contributed by atoms with Crippen molar-refractivity contribution in [2.45, 2.75) is 13.2 Å². The summed E-state index contributed by atoms with van der Waals surface area (Å²) in [5.41, 5.74) is 14.1. The average molecular weight is 268 g/mol. The van der Waals surface area contributed by atoms with Crippen LogP contribution < -0.4 is 26.6 Å². The maximum Gasteiger partial charge on any atom is 0.189 e. The summed E-state index contributed by atoms with van der Waals surface area (Å²) in [4.78, 5) is 0. The molecular formula is C16H16N2O2. The Morgan fingerprint density at radius 1 is 1.20 bits per heavy atom. The first-order chi connectivity index (χ1) is 9.58. The summed E-state index contributed by atoms with van der Waals surface area (Å²) in [5, 5.41) is 11.6. The second kappa shape index (κ2) is 4.58. The predicted molar refractivity (Wildman–Crippen MR) is 78.3 cm³/mol. The van der Waals surface area contributed by atoms with Crippen LogP contribution in [-0.2, 0) is 0 Å². The third-order valence-corrected chi connectivity index (χ3v) is 3.47. The molecule has 1 heterocycles. The number of aryl methyl sites for hydroxylation is 1. The zero-order chi connectivity index (χ0) is 14.3. The molecule has 1 aliphatic heterocycles. The van der Waals surface area contributed by atoms with Crippen molar-refractivity contribution in [2.24, 2.45) is 11.5 Å². The lowest BCUT2D eigenvalue weighted by molar-refractivity contribution is 0.275. The number of hydrogen-bond acceptors (Lipinski definition) is 4. The third kappa shape index (κ3) is 1.90. The molecule has 102 valence electrons. The lowest BCUT2D eigenvalue weighted by Crippen LogP contribution is -2.33. The fourth-order valence-corrected chi connectivity index (χ4v) is 2.38. The number of fused-ring (bicyclic) bond motifs is 1. The molecule has 0 aromatic heterocycles. The van der Waals surface area contributed by atoms with Crippen LogP contribution >= 0.6 is 0 Å². The normalized spacial score (nSPS) is 18.0. The van der Waals surface area contributed by atoms with Crippen LogP contribution in [0.25, 0.3) is 11.8 Å². The average Bonchev–Trinajstić information content (AvgIpc) is 2.73. The van der Waals surface area contributed by atoms with Crippen molar-refractivity contribution in [1.82, 2.24) is 0 Å². The molecule has 1 aliphatic rings. The Kier molecular flexibility index (Phi) is 2.88. The minimum absolute atomic E-state index is 0.226. The van der Waals surface area contributed by atoms with Gasteiger partial charge in [0.15, 0.2) is 6.23 Å². The second-order valence-electron chi connectivity index (χ2n) is 4.87. The van der Waals surface area contributed by atoms with Gasteiger partial charge < -0.3 is 15.6 Å². The van der Waals surface area contributed by atoms with Crippen LogP contribution in [0.4, 0.5) is 0 Å². The fourth-order valence-electron chi connectivity index (χ4n) is 2.38. The molecule has 3 rings (SSSR count). The van der Waals surface area contributed by atoms with E-state index < -0.39 is 6.23 Å². The fraction of sp³-hybridized carbons (Fsp3) is 0.125. The Hall–Kier alpha value is -2.46. The van der Waals surface area contributed by atoms with Crippen molar-refractivity contribution in [1.29, 1.82) is 0 Å². The van der Waals surface area contributed by atoms with Crippen LogP contribution in [-0.4, -0.2) is 11.3 Å². The van der Waals surface area contributed by atoms with Crippen molar-refractivity contribution in [3.63, 3.8) is 0 Å². The Morgan fingerprint density at radius 2 is 1.95 bits per heavy atom. The highest BCUT2D eigenvalue weighted by atomic mass is 16.5. The summed E-state index contributed by atoms with van der Waals surface area (Å²) in [6.07, 6.45) is 1.27. The summed E-state index contributed by atoms with van der Waals surface area (Å²) >= 11 is 0. The van der Waals surface area contributed by atoms with Crippen LogP contribution in [0.1, 0.15) is 11.1 Å². The van der Waals surface area contributed by atoms with E-state index in [1.165, 1.54) is 0 Å². The lowest BCUT2D eigenvalue weighted by Gasteiger charge is -2.07. The summed E-state index contributed by atoms with van der Waals surface area (Å²) in [5.74, 6) is 0.947. The van der Waals surface area contributed by atoms with Gasteiger partial charge in [0.2, 0.25) is 0 Å². The molecule has 0 saturated heterocycles. The van der Waals surface area contributed by atoms with Gasteiger partial charge in [-0.2, -0.15) is 0 Å². The zero-order valence-corrected chi connectivity index (χ0v) is 11.1. The molecular weight excluding hydrogens is 252 g/mol. The first-order valence-electron chi connectivity index (χ1n) is 6.39. The first kappa shape index (κ1) is 12.6. The molecule has 0 radical (unpaired) electrons. The Labute approximate surface area is 116 Å². The summed E-state index contributed by atoms with van der Waals surface area (Å²) in [7, 11) is 0. The molecule has 4 heteroatoms. The van der Waals surface area contributed by atoms with E-state index in [2.05, 4.69) is 0 Å². The Morgan fingerprint density at radius 3 is 2.70 bits per heavy atom. The van der Waals surface area contributed by atoms with Gasteiger partial charge in [-0.15, -0.1) is 0 Å². The maximum absolute atomic E-state index is 9.87. The van der Waals surface area contributed by atoms with Crippen LogP contribution in [0.15, 0.2) is 36.4 Å². The third-order valence-electron chi connectivity index (χ3n) is 3.47. The minimum Gasteiger partial charge on any atom is -0.507 e. The standard InChI is InChI=1S/C16H16N2O2/c1-9-6-7-11(8-10-4-2-3-5-12(10)19)13-14(17)16(18)20-15(9)13/h2-8,16,19H,17-18H2,1H3. The van der Waals surface area contributed by atoms with E-state index in [1.54, 1.807) is 12.1 Å². The number of para-hydroxylation sites is 1. The van der Waals surface area contributed by atoms with E-state index in [9.17, 15) is 5.11 Å². The molecule has 0 amide bonds. The van der Waals surface area contributed by atoms with E-state index in [-0.39, 0.29) is 5.75 Å². The number of ether oxygens (including phenoxy) is 1. The molecule has 0 spiro atoms. The van der Waals surface area contributed by atoms with Crippen molar-refractivity contribution < 1.29 is 9.84 Å². The van der Waals surface area contributed by atoms with Gasteiger partial charge in [-0.05, 0) is 29.8 Å². The largest absolute Gasteiger partial charge is 0.507 e. The van der Waals surface area contributed by atoms with E-state index in [0.717, 1.165) is 27.3 Å². The highest BCUT2D eigenvalue weighted by Crippen LogP contribution is 2.19. The van der Waals surface area contributed by atoms with E-state index in [4.69, 9.17) is 16.2 Å². The van der Waals surface area contributed by atoms with Crippen molar-refractivity contribution >= 4 is 11.8 Å². The molecule has 20 heavy (non-hydrogen) atoms. The molecule has 5 N–H and O–H groups in total. The summed E-state index contributed by atoms with van der Waals surface area (Å²) in [6, 6.07) is 11.1. The van der Waals surface area contributed by atoms with Gasteiger partial charge in [-0.25, -0.2) is 0 Å². The quantitative estimate of drug-likeness (QED) is 0.693. The van der Waals surface area contributed by atoms with Crippen LogP contribution in [0.3, 0.4) is 0 Å². The van der Waals surface area contributed by atoms with Crippen LogP contribution in [0.2, 0.25) is 0 Å². The number of benzene rings is 2. The molecule has 1 unspecified atom stereocenters. The number of rotatable bonds is 1. The molecule has 0 bridgehead atoms.